The van der Waals surface area contributed by atoms with Gasteiger partial charge >= 0.3 is 0 Å². The second-order valence-corrected chi connectivity index (χ2v) is 4.64. The minimum atomic E-state index is 0.0354. The predicted molar refractivity (Wildman–Crippen MR) is 66.8 cm³/mol. The number of carbonyl (C=O) groups is 1. The molecule has 0 saturated heterocycles. The van der Waals surface area contributed by atoms with E-state index in [1.165, 1.54) is 0 Å². The third kappa shape index (κ3) is 2.51. The molecular formula is C11H19N5O. The molecule has 1 fully saturated rings. The van der Waals surface area contributed by atoms with Gasteiger partial charge in [-0.1, -0.05) is 0 Å². The molecular weight excluding hydrogens is 218 g/mol. The molecule has 1 heterocycles. The van der Waals surface area contributed by atoms with Crippen molar-refractivity contribution < 1.29 is 4.79 Å². The van der Waals surface area contributed by atoms with Gasteiger partial charge in [0.25, 0.3) is 0 Å². The lowest BCUT2D eigenvalue weighted by Crippen LogP contribution is -2.37. The predicted octanol–water partition coefficient (Wildman–Crippen LogP) is 0.0255. The highest BCUT2D eigenvalue weighted by molar-refractivity contribution is 5.82. The number of anilines is 2. The standard InChI is InChI=1S/C11H19N5O/c1-7-10(12)11(16(3)14-7)15(2)6-9(17)13-8-4-5-8/h8H,4-6,12H2,1-3H3,(H,13,17). The molecule has 1 aliphatic rings. The Kier molecular flexibility index (Phi) is 2.95. The van der Waals surface area contributed by atoms with E-state index in [1.807, 2.05) is 25.9 Å². The van der Waals surface area contributed by atoms with Crippen LogP contribution in [0.5, 0.6) is 0 Å². The number of hydrogen-bond acceptors (Lipinski definition) is 4. The van der Waals surface area contributed by atoms with Crippen LogP contribution >= 0.6 is 0 Å². The Morgan fingerprint density at radius 1 is 1.65 bits per heavy atom. The summed E-state index contributed by atoms with van der Waals surface area (Å²) < 4.78 is 1.70. The average molecular weight is 237 g/mol. The maximum absolute atomic E-state index is 11.7. The molecule has 3 N–H and O–H groups in total. The van der Waals surface area contributed by atoms with Gasteiger partial charge in [-0.15, -0.1) is 0 Å². The summed E-state index contributed by atoms with van der Waals surface area (Å²) in [5.74, 6) is 0.821. The van der Waals surface area contributed by atoms with E-state index < -0.39 is 0 Å². The quantitative estimate of drug-likeness (QED) is 0.774. The molecule has 0 aromatic carbocycles. The number of aromatic nitrogens is 2. The molecule has 0 spiro atoms. The van der Waals surface area contributed by atoms with Gasteiger partial charge in [-0.2, -0.15) is 5.10 Å². The summed E-state index contributed by atoms with van der Waals surface area (Å²) in [4.78, 5) is 13.5. The van der Waals surface area contributed by atoms with Crippen LogP contribution in [-0.2, 0) is 11.8 Å². The second kappa shape index (κ2) is 4.27. The molecule has 1 saturated carbocycles. The Morgan fingerprint density at radius 2 is 2.29 bits per heavy atom. The SMILES string of the molecule is Cc1nn(C)c(N(C)CC(=O)NC2CC2)c1N. The van der Waals surface area contributed by atoms with Crippen molar-refractivity contribution in [1.29, 1.82) is 0 Å². The molecule has 0 bridgehead atoms. The molecule has 94 valence electrons. The van der Waals surface area contributed by atoms with Crippen LogP contribution in [0.15, 0.2) is 0 Å². The highest BCUT2D eigenvalue weighted by Crippen LogP contribution is 2.24. The van der Waals surface area contributed by atoms with Crippen LogP contribution in [0.3, 0.4) is 0 Å². The van der Waals surface area contributed by atoms with E-state index in [4.69, 9.17) is 5.73 Å². The van der Waals surface area contributed by atoms with Gasteiger partial charge in [-0.05, 0) is 19.8 Å². The summed E-state index contributed by atoms with van der Waals surface area (Å²) in [5.41, 5.74) is 7.36. The van der Waals surface area contributed by atoms with Gasteiger partial charge < -0.3 is 16.0 Å². The molecule has 1 aliphatic carbocycles. The van der Waals surface area contributed by atoms with E-state index in [2.05, 4.69) is 10.4 Å². The molecule has 1 amide bonds. The van der Waals surface area contributed by atoms with Crippen LogP contribution in [0, 0.1) is 6.92 Å². The third-order valence-corrected chi connectivity index (χ3v) is 2.92. The Morgan fingerprint density at radius 3 is 2.76 bits per heavy atom. The molecule has 6 heteroatoms. The first kappa shape index (κ1) is 11.8. The highest BCUT2D eigenvalue weighted by Gasteiger charge is 2.24. The number of aryl methyl sites for hydroxylation is 2. The highest BCUT2D eigenvalue weighted by atomic mass is 16.2. The lowest BCUT2D eigenvalue weighted by Gasteiger charge is -2.19. The molecule has 0 radical (unpaired) electrons. The Hall–Kier alpha value is -1.72. The largest absolute Gasteiger partial charge is 0.394 e. The van der Waals surface area contributed by atoms with Crippen molar-refractivity contribution in [2.45, 2.75) is 25.8 Å². The van der Waals surface area contributed by atoms with Crippen molar-refractivity contribution in [3.63, 3.8) is 0 Å². The summed E-state index contributed by atoms with van der Waals surface area (Å²) in [6.07, 6.45) is 2.20. The van der Waals surface area contributed by atoms with Crippen molar-refractivity contribution in [3.8, 4) is 0 Å². The Labute approximate surface area is 101 Å². The number of nitrogens with two attached hydrogens (primary N) is 1. The zero-order chi connectivity index (χ0) is 12.6. The number of likely N-dealkylation sites (N-methyl/N-ethyl adjacent to an activating group) is 1. The summed E-state index contributed by atoms with van der Waals surface area (Å²) in [6, 6.07) is 0.390. The van der Waals surface area contributed by atoms with Gasteiger partial charge in [-0.3, -0.25) is 9.48 Å². The topological polar surface area (TPSA) is 76.2 Å². The maximum atomic E-state index is 11.7. The third-order valence-electron chi connectivity index (χ3n) is 2.92. The number of hydrogen-bond donors (Lipinski definition) is 2. The van der Waals surface area contributed by atoms with Gasteiger partial charge in [0.2, 0.25) is 5.91 Å². The Bertz CT molecular complexity index is 435. The lowest BCUT2D eigenvalue weighted by atomic mass is 10.3. The number of nitrogens with one attached hydrogen (secondary N) is 1. The summed E-state index contributed by atoms with van der Waals surface area (Å²) in [5, 5.41) is 7.18. The molecule has 1 aromatic heterocycles. The maximum Gasteiger partial charge on any atom is 0.239 e. The first-order chi connectivity index (χ1) is 7.99. The van der Waals surface area contributed by atoms with Gasteiger partial charge in [0.15, 0.2) is 5.82 Å². The van der Waals surface area contributed by atoms with Crippen molar-refractivity contribution in [1.82, 2.24) is 15.1 Å². The zero-order valence-electron chi connectivity index (χ0n) is 10.5. The first-order valence-corrected chi connectivity index (χ1v) is 5.78. The Balaban J connectivity index is 2.02. The number of rotatable bonds is 4. The van der Waals surface area contributed by atoms with Crippen molar-refractivity contribution in [2.75, 3.05) is 24.2 Å². The molecule has 17 heavy (non-hydrogen) atoms. The zero-order valence-corrected chi connectivity index (χ0v) is 10.5. The van der Waals surface area contributed by atoms with Crippen molar-refractivity contribution in [3.05, 3.63) is 5.69 Å². The van der Waals surface area contributed by atoms with E-state index in [-0.39, 0.29) is 5.91 Å². The second-order valence-electron chi connectivity index (χ2n) is 4.64. The van der Waals surface area contributed by atoms with Crippen LogP contribution in [0.2, 0.25) is 0 Å². The fraction of sp³-hybridized carbons (Fsp3) is 0.636. The molecule has 2 rings (SSSR count). The molecule has 1 aromatic rings. The number of nitrogens with zero attached hydrogens (tertiary/aromatic N) is 3. The molecule has 0 unspecified atom stereocenters. The van der Waals surface area contributed by atoms with Gasteiger partial charge in [0.05, 0.1) is 17.9 Å². The van der Waals surface area contributed by atoms with E-state index in [1.54, 1.807) is 4.68 Å². The van der Waals surface area contributed by atoms with Crippen LogP contribution in [0.1, 0.15) is 18.5 Å². The van der Waals surface area contributed by atoms with Crippen molar-refractivity contribution in [2.24, 2.45) is 7.05 Å². The minimum absolute atomic E-state index is 0.0354. The first-order valence-electron chi connectivity index (χ1n) is 5.78. The molecule has 0 atom stereocenters. The summed E-state index contributed by atoms with van der Waals surface area (Å²) in [6.45, 7) is 2.16. The fourth-order valence-corrected chi connectivity index (χ4v) is 1.91. The van der Waals surface area contributed by atoms with Gasteiger partial charge in [-0.25, -0.2) is 0 Å². The van der Waals surface area contributed by atoms with Crippen LogP contribution in [-0.4, -0.2) is 35.3 Å². The van der Waals surface area contributed by atoms with Crippen LogP contribution in [0.4, 0.5) is 11.5 Å². The lowest BCUT2D eigenvalue weighted by molar-refractivity contribution is -0.119. The van der Waals surface area contributed by atoms with E-state index >= 15 is 0 Å². The normalized spacial score (nSPS) is 14.8. The van der Waals surface area contributed by atoms with E-state index in [0.717, 1.165) is 24.4 Å². The van der Waals surface area contributed by atoms with Crippen molar-refractivity contribution >= 4 is 17.4 Å². The number of amides is 1. The molecule has 6 nitrogen and oxygen atoms in total. The summed E-state index contributed by atoms with van der Waals surface area (Å²) >= 11 is 0. The fourth-order valence-electron chi connectivity index (χ4n) is 1.91. The van der Waals surface area contributed by atoms with E-state index in [9.17, 15) is 4.79 Å². The molecule has 0 aliphatic heterocycles. The van der Waals surface area contributed by atoms with Crippen LogP contribution in [0.25, 0.3) is 0 Å². The van der Waals surface area contributed by atoms with Gasteiger partial charge in [0, 0.05) is 20.1 Å². The summed E-state index contributed by atoms with van der Waals surface area (Å²) in [7, 11) is 3.67. The monoisotopic (exact) mass is 237 g/mol. The van der Waals surface area contributed by atoms with Crippen LogP contribution < -0.4 is 16.0 Å². The van der Waals surface area contributed by atoms with Gasteiger partial charge in [0.1, 0.15) is 0 Å². The number of carbonyl (C=O) groups excluding carboxylic acids is 1. The minimum Gasteiger partial charge on any atom is -0.394 e. The smallest absolute Gasteiger partial charge is 0.239 e. The van der Waals surface area contributed by atoms with E-state index in [0.29, 0.717) is 18.3 Å². The number of nitrogen functional groups attached to an aromatic ring is 1. The average Bonchev–Trinajstić information content (AvgIpc) is 2.96.